The van der Waals surface area contributed by atoms with E-state index in [0.717, 1.165) is 30.6 Å². The highest BCUT2D eigenvalue weighted by atomic mass is 16.3. The first-order chi connectivity index (χ1) is 13.3. The molecule has 0 unspecified atom stereocenters. The normalized spacial score (nSPS) is 17.1. The molecular weight excluding hydrogens is 336 g/mol. The first-order valence-corrected chi connectivity index (χ1v) is 9.50. The summed E-state index contributed by atoms with van der Waals surface area (Å²) in [6.07, 6.45) is 4.85. The molecule has 4 nitrogen and oxygen atoms in total. The number of nitrogens with one attached hydrogen (secondary N) is 2. The van der Waals surface area contributed by atoms with Crippen LogP contribution >= 0.6 is 0 Å². The van der Waals surface area contributed by atoms with Gasteiger partial charge in [-0.2, -0.15) is 0 Å². The van der Waals surface area contributed by atoms with Crippen molar-refractivity contribution in [2.24, 2.45) is 0 Å². The minimum atomic E-state index is -0.148. The SMILES string of the molecule is O=C(CN[C@@H](c1ccccc1)c1ccco1)N[C@@H]1CCCc2ccccc21. The molecule has 0 saturated carbocycles. The summed E-state index contributed by atoms with van der Waals surface area (Å²) in [6, 6.07) is 22.2. The second-order valence-electron chi connectivity index (χ2n) is 6.95. The molecular formula is C23H24N2O2. The Morgan fingerprint density at radius 3 is 2.67 bits per heavy atom. The van der Waals surface area contributed by atoms with Gasteiger partial charge in [-0.05, 0) is 48.1 Å². The molecule has 0 bridgehead atoms. The highest BCUT2D eigenvalue weighted by molar-refractivity contribution is 5.78. The zero-order chi connectivity index (χ0) is 18.5. The summed E-state index contributed by atoms with van der Waals surface area (Å²) in [7, 11) is 0. The van der Waals surface area contributed by atoms with Crippen LogP contribution in [0.2, 0.25) is 0 Å². The van der Waals surface area contributed by atoms with Gasteiger partial charge in [0.2, 0.25) is 5.91 Å². The van der Waals surface area contributed by atoms with Crippen LogP contribution in [-0.4, -0.2) is 12.5 Å². The molecule has 0 radical (unpaired) electrons. The molecule has 1 aliphatic rings. The predicted octanol–water partition coefficient (Wildman–Crippen LogP) is 4.15. The number of carbonyl (C=O) groups excluding carboxylic acids is 1. The van der Waals surface area contributed by atoms with E-state index in [1.807, 2.05) is 48.5 Å². The topological polar surface area (TPSA) is 54.3 Å². The van der Waals surface area contributed by atoms with Gasteiger partial charge in [0.25, 0.3) is 0 Å². The van der Waals surface area contributed by atoms with Gasteiger partial charge in [-0.25, -0.2) is 0 Å². The quantitative estimate of drug-likeness (QED) is 0.694. The summed E-state index contributed by atoms with van der Waals surface area (Å²) >= 11 is 0. The molecule has 0 aliphatic heterocycles. The fraction of sp³-hybridized carbons (Fsp3) is 0.261. The number of carbonyl (C=O) groups is 1. The fourth-order valence-electron chi connectivity index (χ4n) is 3.83. The van der Waals surface area contributed by atoms with Gasteiger partial charge in [-0.15, -0.1) is 0 Å². The number of furan rings is 1. The molecule has 0 saturated heterocycles. The molecule has 2 aromatic carbocycles. The zero-order valence-corrected chi connectivity index (χ0v) is 15.2. The van der Waals surface area contributed by atoms with Gasteiger partial charge in [-0.1, -0.05) is 54.6 Å². The zero-order valence-electron chi connectivity index (χ0n) is 15.2. The summed E-state index contributed by atoms with van der Waals surface area (Å²) in [4.78, 5) is 12.6. The van der Waals surface area contributed by atoms with E-state index >= 15 is 0 Å². The van der Waals surface area contributed by atoms with Crippen LogP contribution in [0, 0.1) is 0 Å². The lowest BCUT2D eigenvalue weighted by molar-refractivity contribution is -0.121. The summed E-state index contributed by atoms with van der Waals surface area (Å²) in [5, 5.41) is 6.54. The molecule has 138 valence electrons. The largest absolute Gasteiger partial charge is 0.467 e. The Hall–Kier alpha value is -2.85. The van der Waals surface area contributed by atoms with E-state index in [9.17, 15) is 4.79 Å². The Bertz CT molecular complexity index is 874. The standard InChI is InChI=1S/C23H24N2O2/c26-22(25-20-13-6-11-17-8-4-5-12-19(17)20)16-24-23(21-14-7-15-27-21)18-9-2-1-3-10-18/h1-5,7-10,12,14-15,20,23-24H,6,11,13,16H2,(H,25,26)/t20-,23+/m1/s1. The highest BCUT2D eigenvalue weighted by Crippen LogP contribution is 2.29. The summed E-state index contributed by atoms with van der Waals surface area (Å²) in [6.45, 7) is 0.235. The van der Waals surface area contributed by atoms with Gasteiger partial charge in [-0.3, -0.25) is 10.1 Å². The molecule has 0 fully saturated rings. The van der Waals surface area contributed by atoms with Crippen LogP contribution in [0.1, 0.15) is 47.4 Å². The van der Waals surface area contributed by atoms with Gasteiger partial charge in [0.15, 0.2) is 0 Å². The van der Waals surface area contributed by atoms with Gasteiger partial charge in [0.1, 0.15) is 5.76 Å². The van der Waals surface area contributed by atoms with E-state index in [0.29, 0.717) is 0 Å². The number of hydrogen-bond acceptors (Lipinski definition) is 3. The molecule has 3 aromatic rings. The maximum Gasteiger partial charge on any atom is 0.234 e. The lowest BCUT2D eigenvalue weighted by atomic mass is 9.88. The Balaban J connectivity index is 1.42. The third-order valence-corrected chi connectivity index (χ3v) is 5.13. The summed E-state index contributed by atoms with van der Waals surface area (Å²) in [5.41, 5.74) is 3.67. The molecule has 1 heterocycles. The van der Waals surface area contributed by atoms with Crippen LogP contribution < -0.4 is 10.6 Å². The second-order valence-corrected chi connectivity index (χ2v) is 6.95. The number of fused-ring (bicyclic) bond motifs is 1. The van der Waals surface area contributed by atoms with Crippen molar-refractivity contribution in [2.75, 3.05) is 6.54 Å². The van der Waals surface area contributed by atoms with E-state index in [1.54, 1.807) is 6.26 Å². The monoisotopic (exact) mass is 360 g/mol. The Kier molecular flexibility index (Phi) is 5.35. The van der Waals surface area contributed by atoms with Crippen molar-refractivity contribution in [2.45, 2.75) is 31.3 Å². The highest BCUT2D eigenvalue weighted by Gasteiger charge is 2.22. The van der Waals surface area contributed by atoms with Crippen molar-refractivity contribution in [3.63, 3.8) is 0 Å². The average molecular weight is 360 g/mol. The van der Waals surface area contributed by atoms with Crippen molar-refractivity contribution < 1.29 is 9.21 Å². The minimum Gasteiger partial charge on any atom is -0.467 e. The maximum atomic E-state index is 12.6. The van der Waals surface area contributed by atoms with Crippen molar-refractivity contribution in [1.82, 2.24) is 10.6 Å². The van der Waals surface area contributed by atoms with Crippen LogP contribution in [0.4, 0.5) is 0 Å². The molecule has 1 amide bonds. The van der Waals surface area contributed by atoms with Crippen LogP contribution in [0.3, 0.4) is 0 Å². The molecule has 4 heteroatoms. The van der Waals surface area contributed by atoms with Gasteiger partial charge < -0.3 is 9.73 Å². The Labute approximate surface area is 159 Å². The lowest BCUT2D eigenvalue weighted by Crippen LogP contribution is -2.38. The maximum absolute atomic E-state index is 12.6. The van der Waals surface area contributed by atoms with E-state index in [-0.39, 0.29) is 24.5 Å². The second kappa shape index (κ2) is 8.23. The van der Waals surface area contributed by atoms with Crippen LogP contribution in [0.25, 0.3) is 0 Å². The number of rotatable bonds is 6. The van der Waals surface area contributed by atoms with Gasteiger partial charge in [0, 0.05) is 0 Å². The number of aryl methyl sites for hydroxylation is 1. The Morgan fingerprint density at radius 1 is 1.04 bits per heavy atom. The van der Waals surface area contributed by atoms with Gasteiger partial charge in [0.05, 0.1) is 24.9 Å². The van der Waals surface area contributed by atoms with E-state index in [2.05, 4.69) is 28.8 Å². The first kappa shape index (κ1) is 17.6. The molecule has 27 heavy (non-hydrogen) atoms. The summed E-state index contributed by atoms with van der Waals surface area (Å²) in [5.74, 6) is 0.807. The van der Waals surface area contributed by atoms with E-state index < -0.39 is 0 Å². The number of amides is 1. The third kappa shape index (κ3) is 4.12. The van der Waals surface area contributed by atoms with Crippen molar-refractivity contribution in [3.05, 3.63) is 95.4 Å². The van der Waals surface area contributed by atoms with Crippen molar-refractivity contribution in [3.8, 4) is 0 Å². The lowest BCUT2D eigenvalue weighted by Gasteiger charge is -2.26. The average Bonchev–Trinajstić information content (AvgIpc) is 3.24. The number of hydrogen-bond donors (Lipinski definition) is 2. The fourth-order valence-corrected chi connectivity index (χ4v) is 3.83. The summed E-state index contributed by atoms with van der Waals surface area (Å²) < 4.78 is 5.58. The van der Waals surface area contributed by atoms with Crippen LogP contribution in [-0.2, 0) is 11.2 Å². The van der Waals surface area contributed by atoms with Crippen LogP contribution in [0.5, 0.6) is 0 Å². The number of benzene rings is 2. The molecule has 1 aliphatic carbocycles. The van der Waals surface area contributed by atoms with Crippen molar-refractivity contribution >= 4 is 5.91 Å². The van der Waals surface area contributed by atoms with Crippen molar-refractivity contribution in [1.29, 1.82) is 0 Å². The Morgan fingerprint density at radius 2 is 1.85 bits per heavy atom. The molecule has 0 spiro atoms. The molecule has 2 N–H and O–H groups in total. The minimum absolute atomic E-state index is 0.00388. The van der Waals surface area contributed by atoms with Gasteiger partial charge >= 0.3 is 0 Å². The molecule has 1 aromatic heterocycles. The molecule has 2 atom stereocenters. The smallest absolute Gasteiger partial charge is 0.234 e. The van der Waals surface area contributed by atoms with E-state index in [1.165, 1.54) is 11.1 Å². The third-order valence-electron chi connectivity index (χ3n) is 5.13. The first-order valence-electron chi connectivity index (χ1n) is 9.50. The predicted molar refractivity (Wildman–Crippen MR) is 105 cm³/mol. The van der Waals surface area contributed by atoms with Crippen LogP contribution in [0.15, 0.2) is 77.4 Å². The van der Waals surface area contributed by atoms with E-state index in [4.69, 9.17) is 4.42 Å². The molecule has 4 rings (SSSR count).